The second-order valence-electron chi connectivity index (χ2n) is 8.07. The predicted molar refractivity (Wildman–Crippen MR) is 107 cm³/mol. The van der Waals surface area contributed by atoms with Gasteiger partial charge in [-0.15, -0.1) is 0 Å². The standard InChI is InChI=1S/C20H31N3O3S/c1-15-5-3-6-16(11-15)12-17(21)13-20(24)23-10-4-7-18(23)14-22(2)27(25,26)19-8-9-19/h3,5-6,11,17-19H,4,7-10,12-14,21H2,1-2H3/t17-,18+/m1/s1. The molecule has 1 saturated carbocycles. The van der Waals surface area contributed by atoms with Crippen molar-refractivity contribution in [3.8, 4) is 0 Å². The Balaban J connectivity index is 1.55. The smallest absolute Gasteiger partial charge is 0.224 e. The summed E-state index contributed by atoms with van der Waals surface area (Å²) in [7, 11) is -1.56. The number of hydrogen-bond donors (Lipinski definition) is 1. The average Bonchev–Trinajstić information content (AvgIpc) is 3.35. The molecule has 2 fully saturated rings. The number of amides is 1. The van der Waals surface area contributed by atoms with Crippen molar-refractivity contribution in [2.24, 2.45) is 5.73 Å². The highest BCUT2D eigenvalue weighted by Crippen LogP contribution is 2.31. The molecule has 6 nitrogen and oxygen atoms in total. The van der Waals surface area contributed by atoms with Crippen LogP contribution in [0.1, 0.15) is 43.2 Å². The number of benzene rings is 1. The van der Waals surface area contributed by atoms with Crippen LogP contribution >= 0.6 is 0 Å². The molecule has 0 radical (unpaired) electrons. The maximum Gasteiger partial charge on any atom is 0.224 e. The predicted octanol–water partition coefficient (Wildman–Crippen LogP) is 1.67. The van der Waals surface area contributed by atoms with E-state index in [1.54, 1.807) is 7.05 Å². The van der Waals surface area contributed by atoms with E-state index in [9.17, 15) is 13.2 Å². The fourth-order valence-electron chi connectivity index (χ4n) is 3.93. The van der Waals surface area contributed by atoms with Gasteiger partial charge in [0.25, 0.3) is 0 Å². The third kappa shape index (κ3) is 5.09. The summed E-state index contributed by atoms with van der Waals surface area (Å²) in [5.74, 6) is 0.0369. The van der Waals surface area contributed by atoms with E-state index in [-0.39, 0.29) is 23.2 Å². The van der Waals surface area contributed by atoms with Gasteiger partial charge in [-0.3, -0.25) is 4.79 Å². The molecular weight excluding hydrogens is 362 g/mol. The Hall–Kier alpha value is -1.44. The maximum absolute atomic E-state index is 12.8. The lowest BCUT2D eigenvalue weighted by molar-refractivity contribution is -0.132. The molecule has 7 heteroatoms. The second kappa shape index (κ2) is 8.29. The van der Waals surface area contributed by atoms with E-state index in [2.05, 4.69) is 6.07 Å². The number of hydrogen-bond acceptors (Lipinski definition) is 4. The second-order valence-corrected chi connectivity index (χ2v) is 10.4. The van der Waals surface area contributed by atoms with Crippen LogP contribution in [-0.2, 0) is 21.2 Å². The van der Waals surface area contributed by atoms with Gasteiger partial charge in [-0.1, -0.05) is 29.8 Å². The Morgan fingerprint density at radius 2 is 2.07 bits per heavy atom. The molecule has 0 unspecified atom stereocenters. The van der Waals surface area contributed by atoms with Crippen LogP contribution in [0.5, 0.6) is 0 Å². The van der Waals surface area contributed by atoms with Gasteiger partial charge < -0.3 is 10.6 Å². The first-order valence-corrected chi connectivity index (χ1v) is 11.3. The van der Waals surface area contributed by atoms with Gasteiger partial charge in [-0.05, 0) is 44.6 Å². The van der Waals surface area contributed by atoms with Crippen LogP contribution < -0.4 is 5.73 Å². The summed E-state index contributed by atoms with van der Waals surface area (Å²) in [5, 5.41) is -0.212. The lowest BCUT2D eigenvalue weighted by Crippen LogP contribution is -2.46. The lowest BCUT2D eigenvalue weighted by Gasteiger charge is -2.29. The van der Waals surface area contributed by atoms with Crippen molar-refractivity contribution in [3.63, 3.8) is 0 Å². The van der Waals surface area contributed by atoms with E-state index in [1.807, 2.05) is 30.0 Å². The summed E-state index contributed by atoms with van der Waals surface area (Å²) in [6.07, 6.45) is 4.25. The average molecular weight is 394 g/mol. The molecular formula is C20H31N3O3S. The number of nitrogens with zero attached hydrogens (tertiary/aromatic N) is 2. The summed E-state index contributed by atoms with van der Waals surface area (Å²) in [5.41, 5.74) is 8.56. The van der Waals surface area contributed by atoms with Gasteiger partial charge in [0.2, 0.25) is 15.9 Å². The normalized spacial score (nSPS) is 21.6. The Morgan fingerprint density at radius 3 is 2.74 bits per heavy atom. The number of carbonyl (C=O) groups excluding carboxylic acids is 1. The largest absolute Gasteiger partial charge is 0.338 e. The molecule has 1 aliphatic carbocycles. The Kier molecular flexibility index (Phi) is 6.23. The van der Waals surface area contributed by atoms with E-state index >= 15 is 0 Å². The molecule has 0 spiro atoms. The highest BCUT2D eigenvalue weighted by Gasteiger charge is 2.40. The van der Waals surface area contributed by atoms with Crippen LogP contribution in [0.15, 0.2) is 24.3 Å². The molecule has 27 heavy (non-hydrogen) atoms. The zero-order valence-electron chi connectivity index (χ0n) is 16.3. The van der Waals surface area contributed by atoms with E-state index < -0.39 is 10.0 Å². The van der Waals surface area contributed by atoms with Crippen molar-refractivity contribution in [2.45, 2.75) is 62.8 Å². The molecule has 0 aromatic heterocycles. The molecule has 150 valence electrons. The first-order chi connectivity index (χ1) is 12.8. The van der Waals surface area contributed by atoms with Crippen molar-refractivity contribution in [3.05, 3.63) is 35.4 Å². The molecule has 1 saturated heterocycles. The number of carbonyl (C=O) groups is 1. The zero-order valence-corrected chi connectivity index (χ0v) is 17.1. The molecule has 1 aliphatic heterocycles. The molecule has 0 bridgehead atoms. The van der Waals surface area contributed by atoms with E-state index in [4.69, 9.17) is 5.73 Å². The van der Waals surface area contributed by atoms with Crippen molar-refractivity contribution in [1.29, 1.82) is 0 Å². The quantitative estimate of drug-likeness (QED) is 0.728. The van der Waals surface area contributed by atoms with Gasteiger partial charge >= 0.3 is 0 Å². The molecule has 2 N–H and O–H groups in total. The minimum absolute atomic E-state index is 0.0369. The summed E-state index contributed by atoms with van der Waals surface area (Å²) in [6, 6.07) is 7.91. The Morgan fingerprint density at radius 1 is 1.33 bits per heavy atom. The number of sulfonamides is 1. The highest BCUT2D eigenvalue weighted by molar-refractivity contribution is 7.90. The summed E-state index contributed by atoms with van der Waals surface area (Å²) in [6.45, 7) is 3.12. The lowest BCUT2D eigenvalue weighted by atomic mass is 10.0. The minimum atomic E-state index is -3.20. The zero-order chi connectivity index (χ0) is 19.6. The Labute approximate surface area is 162 Å². The number of rotatable bonds is 8. The first kappa shape index (κ1) is 20.3. The fourth-order valence-corrected chi connectivity index (χ4v) is 5.55. The fraction of sp³-hybridized carbons (Fsp3) is 0.650. The Bertz CT molecular complexity index is 776. The van der Waals surface area contributed by atoms with Gasteiger partial charge in [0, 0.05) is 38.6 Å². The highest BCUT2D eigenvalue weighted by atomic mass is 32.2. The van der Waals surface area contributed by atoms with Crippen molar-refractivity contribution in [1.82, 2.24) is 9.21 Å². The molecule has 1 aromatic carbocycles. The molecule has 1 aromatic rings. The van der Waals surface area contributed by atoms with E-state index in [1.165, 1.54) is 9.87 Å². The topological polar surface area (TPSA) is 83.7 Å². The SMILES string of the molecule is Cc1cccc(C[C@@H](N)CC(=O)N2CCC[C@H]2CN(C)S(=O)(=O)C2CC2)c1. The molecule has 1 amide bonds. The third-order valence-corrected chi connectivity index (χ3v) is 7.89. The van der Waals surface area contributed by atoms with Gasteiger partial charge in [-0.2, -0.15) is 0 Å². The van der Waals surface area contributed by atoms with Crippen molar-refractivity contribution >= 4 is 15.9 Å². The molecule has 2 atom stereocenters. The van der Waals surface area contributed by atoms with Crippen LogP contribution in [0.2, 0.25) is 0 Å². The molecule has 2 aliphatic rings. The number of likely N-dealkylation sites (tertiary alicyclic amines) is 1. The first-order valence-electron chi connectivity index (χ1n) is 9.83. The van der Waals surface area contributed by atoms with Gasteiger partial charge in [-0.25, -0.2) is 12.7 Å². The van der Waals surface area contributed by atoms with Crippen LogP contribution in [0, 0.1) is 6.92 Å². The van der Waals surface area contributed by atoms with Crippen LogP contribution in [0.4, 0.5) is 0 Å². The van der Waals surface area contributed by atoms with E-state index in [0.29, 0.717) is 25.9 Å². The summed E-state index contributed by atoms with van der Waals surface area (Å²) < 4.78 is 26.2. The van der Waals surface area contributed by atoms with Gasteiger partial charge in [0.05, 0.1) is 5.25 Å². The van der Waals surface area contributed by atoms with Crippen LogP contribution in [-0.4, -0.2) is 61.0 Å². The molecule has 1 heterocycles. The van der Waals surface area contributed by atoms with Crippen molar-refractivity contribution < 1.29 is 13.2 Å². The molecule has 3 rings (SSSR count). The summed E-state index contributed by atoms with van der Waals surface area (Å²) in [4.78, 5) is 14.6. The van der Waals surface area contributed by atoms with Gasteiger partial charge in [0.15, 0.2) is 0 Å². The maximum atomic E-state index is 12.8. The minimum Gasteiger partial charge on any atom is -0.338 e. The van der Waals surface area contributed by atoms with Crippen molar-refractivity contribution in [2.75, 3.05) is 20.1 Å². The number of aryl methyl sites for hydroxylation is 1. The summed E-state index contributed by atoms with van der Waals surface area (Å²) >= 11 is 0. The van der Waals surface area contributed by atoms with Crippen LogP contribution in [0.25, 0.3) is 0 Å². The van der Waals surface area contributed by atoms with Gasteiger partial charge in [0.1, 0.15) is 0 Å². The third-order valence-electron chi connectivity index (χ3n) is 5.56. The van der Waals surface area contributed by atoms with Crippen LogP contribution in [0.3, 0.4) is 0 Å². The van der Waals surface area contributed by atoms with E-state index in [0.717, 1.165) is 31.2 Å². The number of nitrogens with two attached hydrogens (primary N) is 1. The number of likely N-dealkylation sites (N-methyl/N-ethyl adjacent to an activating group) is 1. The monoisotopic (exact) mass is 393 g/mol.